The van der Waals surface area contributed by atoms with E-state index in [1.165, 1.54) is 58.3 Å². The number of aliphatic hydroxyl groups excluding tert-OH is 1. The Balaban J connectivity index is 1.69. The first-order valence-corrected chi connectivity index (χ1v) is 8.08. The minimum atomic E-state index is 0.287. The molecule has 2 rings (SSSR count). The zero-order valence-electron chi connectivity index (χ0n) is 12.5. The summed E-state index contributed by atoms with van der Waals surface area (Å²) in [6.07, 6.45) is 7.76. The van der Waals surface area contributed by atoms with Gasteiger partial charge in [0, 0.05) is 25.2 Å². The van der Waals surface area contributed by atoms with Crippen LogP contribution in [0.5, 0.6) is 0 Å². The van der Waals surface area contributed by atoms with Crippen molar-refractivity contribution in [1.29, 1.82) is 0 Å². The smallest absolute Gasteiger partial charge is 0.0446 e. The average Bonchev–Trinajstić information content (AvgIpc) is 2.48. The van der Waals surface area contributed by atoms with Gasteiger partial charge in [-0.15, -0.1) is 0 Å². The molecular weight excluding hydrogens is 238 g/mol. The van der Waals surface area contributed by atoms with Crippen molar-refractivity contribution < 1.29 is 5.11 Å². The second-order valence-corrected chi connectivity index (χ2v) is 6.13. The third kappa shape index (κ3) is 4.71. The van der Waals surface area contributed by atoms with Gasteiger partial charge in [-0.2, -0.15) is 0 Å². The standard InChI is InChI=1S/C15H31N3O/c1-16-14(7-12-19)13-17-10-5-15(6-11-17)18-8-3-2-4-9-18/h14-16,19H,2-13H2,1H3. The number of piperidine rings is 2. The third-order valence-corrected chi connectivity index (χ3v) is 4.83. The lowest BCUT2D eigenvalue weighted by Gasteiger charge is -2.41. The van der Waals surface area contributed by atoms with Gasteiger partial charge in [0.05, 0.1) is 0 Å². The largest absolute Gasteiger partial charge is 0.396 e. The van der Waals surface area contributed by atoms with Crippen LogP contribution in [0.1, 0.15) is 38.5 Å². The molecule has 0 spiro atoms. The van der Waals surface area contributed by atoms with Gasteiger partial charge in [-0.25, -0.2) is 0 Å². The summed E-state index contributed by atoms with van der Waals surface area (Å²) >= 11 is 0. The highest BCUT2D eigenvalue weighted by Gasteiger charge is 2.26. The predicted molar refractivity (Wildman–Crippen MR) is 79.4 cm³/mol. The van der Waals surface area contributed by atoms with Gasteiger partial charge < -0.3 is 20.2 Å². The molecular formula is C15H31N3O. The van der Waals surface area contributed by atoms with Gasteiger partial charge >= 0.3 is 0 Å². The summed E-state index contributed by atoms with van der Waals surface area (Å²) in [5, 5.41) is 12.4. The van der Waals surface area contributed by atoms with Crippen molar-refractivity contribution in [2.24, 2.45) is 0 Å². The SMILES string of the molecule is CNC(CCO)CN1CCC(N2CCCCC2)CC1. The first-order valence-electron chi connectivity index (χ1n) is 8.08. The van der Waals surface area contributed by atoms with Gasteiger partial charge in [-0.3, -0.25) is 0 Å². The van der Waals surface area contributed by atoms with Gasteiger partial charge in [0.2, 0.25) is 0 Å². The van der Waals surface area contributed by atoms with Crippen LogP contribution in [0.25, 0.3) is 0 Å². The van der Waals surface area contributed by atoms with Crippen LogP contribution in [0.15, 0.2) is 0 Å². The summed E-state index contributed by atoms with van der Waals surface area (Å²) in [4.78, 5) is 5.29. The van der Waals surface area contributed by atoms with Crippen molar-refractivity contribution in [3.8, 4) is 0 Å². The minimum absolute atomic E-state index is 0.287. The molecule has 19 heavy (non-hydrogen) atoms. The van der Waals surface area contributed by atoms with Crippen LogP contribution in [-0.4, -0.2) is 73.4 Å². The van der Waals surface area contributed by atoms with Crippen molar-refractivity contribution in [3.05, 3.63) is 0 Å². The molecule has 0 aliphatic carbocycles. The van der Waals surface area contributed by atoms with Crippen LogP contribution in [0.2, 0.25) is 0 Å². The number of nitrogens with one attached hydrogen (secondary N) is 1. The number of nitrogens with zero attached hydrogens (tertiary/aromatic N) is 2. The van der Waals surface area contributed by atoms with Crippen molar-refractivity contribution in [1.82, 2.24) is 15.1 Å². The summed E-state index contributed by atoms with van der Waals surface area (Å²) in [6, 6.07) is 1.28. The molecule has 0 aromatic heterocycles. The van der Waals surface area contributed by atoms with Crippen LogP contribution in [0, 0.1) is 0 Å². The molecule has 0 amide bonds. The van der Waals surface area contributed by atoms with Crippen LogP contribution in [0.4, 0.5) is 0 Å². The Morgan fingerprint density at radius 3 is 2.37 bits per heavy atom. The molecule has 1 unspecified atom stereocenters. The molecule has 2 heterocycles. The number of rotatable bonds is 6. The first kappa shape index (κ1) is 15.2. The maximum atomic E-state index is 9.04. The molecule has 1 atom stereocenters. The van der Waals surface area contributed by atoms with Gasteiger partial charge in [-0.05, 0) is 65.3 Å². The molecule has 0 radical (unpaired) electrons. The van der Waals surface area contributed by atoms with Crippen LogP contribution >= 0.6 is 0 Å². The lowest BCUT2D eigenvalue weighted by molar-refractivity contribution is 0.0866. The van der Waals surface area contributed by atoms with Crippen molar-refractivity contribution in [2.75, 3.05) is 46.4 Å². The van der Waals surface area contributed by atoms with E-state index in [1.807, 2.05) is 7.05 Å². The Hall–Kier alpha value is -0.160. The molecule has 2 aliphatic rings. The van der Waals surface area contributed by atoms with Crippen LogP contribution in [-0.2, 0) is 0 Å². The van der Waals surface area contributed by atoms with Crippen molar-refractivity contribution in [2.45, 2.75) is 50.6 Å². The highest BCUT2D eigenvalue weighted by Crippen LogP contribution is 2.20. The lowest BCUT2D eigenvalue weighted by Crippen LogP contribution is -2.49. The summed E-state index contributed by atoms with van der Waals surface area (Å²) in [5.74, 6) is 0. The molecule has 0 aromatic rings. The van der Waals surface area contributed by atoms with E-state index in [4.69, 9.17) is 5.11 Å². The topological polar surface area (TPSA) is 38.7 Å². The Morgan fingerprint density at radius 1 is 1.11 bits per heavy atom. The fourth-order valence-electron chi connectivity index (χ4n) is 3.54. The highest BCUT2D eigenvalue weighted by molar-refractivity contribution is 4.83. The molecule has 0 bridgehead atoms. The van der Waals surface area contributed by atoms with E-state index in [-0.39, 0.29) is 6.61 Å². The summed E-state index contributed by atoms with van der Waals surface area (Å²) in [6.45, 7) is 6.48. The third-order valence-electron chi connectivity index (χ3n) is 4.83. The maximum Gasteiger partial charge on any atom is 0.0446 e. The van der Waals surface area contributed by atoms with E-state index < -0.39 is 0 Å². The summed E-state index contributed by atoms with van der Waals surface area (Å²) < 4.78 is 0. The number of aliphatic hydroxyl groups is 1. The zero-order valence-corrected chi connectivity index (χ0v) is 12.5. The monoisotopic (exact) mass is 269 g/mol. The second-order valence-electron chi connectivity index (χ2n) is 6.13. The Labute approximate surface area is 118 Å². The van der Waals surface area contributed by atoms with Gasteiger partial charge in [0.1, 0.15) is 0 Å². The van der Waals surface area contributed by atoms with Crippen LogP contribution < -0.4 is 5.32 Å². The summed E-state index contributed by atoms with van der Waals surface area (Å²) in [5.41, 5.74) is 0. The second kappa shape index (κ2) is 8.20. The number of likely N-dealkylation sites (tertiary alicyclic amines) is 2. The molecule has 2 aliphatic heterocycles. The fourth-order valence-corrected chi connectivity index (χ4v) is 3.54. The van der Waals surface area contributed by atoms with Gasteiger partial charge in [0.25, 0.3) is 0 Å². The average molecular weight is 269 g/mol. The Kier molecular flexibility index (Phi) is 6.57. The van der Waals surface area contributed by atoms with Gasteiger partial charge in [-0.1, -0.05) is 6.42 Å². The minimum Gasteiger partial charge on any atom is -0.396 e. The van der Waals surface area contributed by atoms with Crippen molar-refractivity contribution >= 4 is 0 Å². The van der Waals surface area contributed by atoms with E-state index in [2.05, 4.69) is 15.1 Å². The van der Waals surface area contributed by atoms with Crippen LogP contribution in [0.3, 0.4) is 0 Å². The number of likely N-dealkylation sites (N-methyl/N-ethyl adjacent to an activating group) is 1. The highest BCUT2D eigenvalue weighted by atomic mass is 16.3. The zero-order chi connectivity index (χ0) is 13.5. The molecule has 2 N–H and O–H groups in total. The Bertz CT molecular complexity index is 236. The lowest BCUT2D eigenvalue weighted by atomic mass is 9.99. The molecule has 2 fully saturated rings. The fraction of sp³-hybridized carbons (Fsp3) is 1.00. The molecule has 0 saturated carbocycles. The van der Waals surface area contributed by atoms with E-state index in [0.717, 1.165) is 19.0 Å². The normalized spacial score (nSPS) is 25.6. The van der Waals surface area contributed by atoms with Crippen molar-refractivity contribution in [3.63, 3.8) is 0 Å². The number of hydrogen-bond donors (Lipinski definition) is 2. The van der Waals surface area contributed by atoms with E-state index in [9.17, 15) is 0 Å². The Morgan fingerprint density at radius 2 is 1.79 bits per heavy atom. The van der Waals surface area contributed by atoms with E-state index in [1.54, 1.807) is 0 Å². The maximum absolute atomic E-state index is 9.04. The molecule has 4 nitrogen and oxygen atoms in total. The molecule has 2 saturated heterocycles. The molecule has 112 valence electrons. The molecule has 4 heteroatoms. The van der Waals surface area contributed by atoms with Gasteiger partial charge in [0.15, 0.2) is 0 Å². The predicted octanol–water partition coefficient (Wildman–Crippen LogP) is 0.907. The first-order chi connectivity index (χ1) is 9.33. The quantitative estimate of drug-likeness (QED) is 0.752. The number of hydrogen-bond acceptors (Lipinski definition) is 4. The van der Waals surface area contributed by atoms with E-state index in [0.29, 0.717) is 6.04 Å². The van der Waals surface area contributed by atoms with E-state index >= 15 is 0 Å². The summed E-state index contributed by atoms with van der Waals surface area (Å²) in [7, 11) is 2.00. The molecule has 0 aromatic carbocycles.